The summed E-state index contributed by atoms with van der Waals surface area (Å²) in [6, 6.07) is 6.72. The van der Waals surface area contributed by atoms with E-state index in [9.17, 15) is 27.2 Å². The molecule has 6 nitrogen and oxygen atoms in total. The lowest BCUT2D eigenvalue weighted by Gasteiger charge is -2.28. The number of fused-ring (bicyclic) bond motifs is 1. The molecule has 1 aromatic carbocycles. The van der Waals surface area contributed by atoms with Crippen molar-refractivity contribution >= 4 is 23.3 Å². The maximum atomic E-state index is 13.9. The molecule has 0 saturated heterocycles. The van der Waals surface area contributed by atoms with Crippen molar-refractivity contribution in [1.29, 1.82) is 0 Å². The second-order valence-electron chi connectivity index (χ2n) is 8.30. The molecule has 2 heterocycles. The minimum absolute atomic E-state index is 0.0123. The highest BCUT2D eigenvalue weighted by atomic mass is 19.4. The van der Waals surface area contributed by atoms with Gasteiger partial charge in [-0.2, -0.15) is 13.2 Å². The van der Waals surface area contributed by atoms with Gasteiger partial charge in [0.25, 0.3) is 5.91 Å². The monoisotopic (exact) mass is 451 g/mol. The largest absolute Gasteiger partial charge is 0.452 e. The number of aromatic nitrogens is 2. The Labute approximate surface area is 181 Å². The quantitative estimate of drug-likeness (QED) is 0.444. The molecule has 0 aliphatic heterocycles. The lowest BCUT2D eigenvalue weighted by atomic mass is 9.88. The Morgan fingerprint density at radius 1 is 1.06 bits per heavy atom. The molecule has 10 heteroatoms. The summed E-state index contributed by atoms with van der Waals surface area (Å²) in [7, 11) is 0. The van der Waals surface area contributed by atoms with E-state index in [1.165, 1.54) is 35.6 Å². The van der Waals surface area contributed by atoms with Crippen LogP contribution in [0, 0.1) is 11.2 Å². The fraction of sp³-hybridized carbons (Fsp3) is 0.318. The Hall–Kier alpha value is -3.43. The van der Waals surface area contributed by atoms with Gasteiger partial charge in [-0.25, -0.2) is 9.37 Å². The van der Waals surface area contributed by atoms with Crippen molar-refractivity contribution in [3.05, 3.63) is 54.0 Å². The van der Waals surface area contributed by atoms with E-state index in [0.29, 0.717) is 0 Å². The van der Waals surface area contributed by atoms with E-state index in [1.54, 1.807) is 20.8 Å². The Morgan fingerprint density at radius 3 is 2.22 bits per heavy atom. The molecule has 3 rings (SSSR count). The highest BCUT2D eigenvalue weighted by Crippen LogP contribution is 2.34. The number of ether oxygens (including phenoxy) is 1. The van der Waals surface area contributed by atoms with Gasteiger partial charge in [-0.05, 0) is 24.3 Å². The Morgan fingerprint density at radius 2 is 1.69 bits per heavy atom. The first-order valence-corrected chi connectivity index (χ1v) is 9.60. The molecule has 0 aliphatic rings. The molecule has 0 bridgehead atoms. The van der Waals surface area contributed by atoms with E-state index in [-0.39, 0.29) is 22.7 Å². The molecule has 1 atom stereocenters. The van der Waals surface area contributed by atoms with Crippen molar-refractivity contribution in [1.82, 2.24) is 9.38 Å². The summed E-state index contributed by atoms with van der Waals surface area (Å²) in [5.41, 5.74) is -0.899. The molecule has 0 aliphatic carbocycles. The number of alkyl halides is 3. The Bertz CT molecular complexity index is 1160. The van der Waals surface area contributed by atoms with Gasteiger partial charge in [0.15, 0.2) is 11.9 Å². The number of hydrogen-bond acceptors (Lipinski definition) is 4. The smallest absolute Gasteiger partial charge is 0.416 e. The fourth-order valence-corrected chi connectivity index (χ4v) is 3.17. The predicted molar refractivity (Wildman–Crippen MR) is 109 cm³/mol. The van der Waals surface area contributed by atoms with E-state index < -0.39 is 41.0 Å². The number of imidazole rings is 1. The molecular formula is C22H21F4N3O3. The summed E-state index contributed by atoms with van der Waals surface area (Å²) in [5, 5.41) is 2.58. The van der Waals surface area contributed by atoms with E-state index in [2.05, 4.69) is 10.3 Å². The van der Waals surface area contributed by atoms with Gasteiger partial charge in [0.05, 0.1) is 11.3 Å². The molecule has 32 heavy (non-hydrogen) atoms. The van der Waals surface area contributed by atoms with Crippen LogP contribution in [0.2, 0.25) is 0 Å². The number of carbonyl (C=O) groups is 2. The Kier molecular flexibility index (Phi) is 5.99. The summed E-state index contributed by atoms with van der Waals surface area (Å²) in [6.45, 7) is 6.29. The highest BCUT2D eigenvalue weighted by Gasteiger charge is 2.35. The number of carbonyl (C=O) groups excluding carboxylic acids is 2. The van der Waals surface area contributed by atoms with Crippen molar-refractivity contribution < 1.29 is 31.9 Å². The number of benzene rings is 1. The number of rotatable bonds is 4. The molecule has 170 valence electrons. The van der Waals surface area contributed by atoms with Crippen LogP contribution in [0.25, 0.3) is 16.9 Å². The second kappa shape index (κ2) is 8.25. The number of nitrogens with zero attached hydrogens (tertiary/aromatic N) is 2. The molecule has 1 N–H and O–H groups in total. The van der Waals surface area contributed by atoms with Crippen molar-refractivity contribution in [3.63, 3.8) is 0 Å². The number of amides is 1. The summed E-state index contributed by atoms with van der Waals surface area (Å²) >= 11 is 0. The van der Waals surface area contributed by atoms with Gasteiger partial charge in [0.1, 0.15) is 11.5 Å². The zero-order chi connectivity index (χ0) is 23.8. The molecule has 0 saturated carbocycles. The van der Waals surface area contributed by atoms with Gasteiger partial charge in [-0.1, -0.05) is 32.9 Å². The molecule has 0 fully saturated rings. The first-order valence-electron chi connectivity index (χ1n) is 9.60. The molecule has 0 radical (unpaired) electrons. The third kappa shape index (κ3) is 4.90. The van der Waals surface area contributed by atoms with Crippen molar-refractivity contribution in [2.45, 2.75) is 40.0 Å². The van der Waals surface area contributed by atoms with Crippen molar-refractivity contribution in [3.8, 4) is 11.3 Å². The molecule has 2 aromatic heterocycles. The van der Waals surface area contributed by atoms with Crippen LogP contribution in [0.3, 0.4) is 0 Å². The number of halogens is 4. The minimum atomic E-state index is -4.52. The van der Waals surface area contributed by atoms with Gasteiger partial charge in [-0.15, -0.1) is 0 Å². The van der Waals surface area contributed by atoms with Crippen molar-refractivity contribution in [2.75, 3.05) is 5.32 Å². The third-order valence-electron chi connectivity index (χ3n) is 4.62. The first kappa shape index (κ1) is 23.2. The Balaban J connectivity index is 2.09. The van der Waals surface area contributed by atoms with Crippen LogP contribution in [0.1, 0.15) is 33.3 Å². The van der Waals surface area contributed by atoms with Gasteiger partial charge in [0, 0.05) is 24.1 Å². The van der Waals surface area contributed by atoms with E-state index in [1.807, 2.05) is 0 Å². The van der Waals surface area contributed by atoms with Gasteiger partial charge in [0.2, 0.25) is 0 Å². The topological polar surface area (TPSA) is 72.7 Å². The lowest BCUT2D eigenvalue weighted by Crippen LogP contribution is -2.42. The van der Waals surface area contributed by atoms with Gasteiger partial charge < -0.3 is 10.1 Å². The van der Waals surface area contributed by atoms with Crippen LogP contribution < -0.4 is 5.32 Å². The van der Waals surface area contributed by atoms with Crippen LogP contribution >= 0.6 is 0 Å². The van der Waals surface area contributed by atoms with Crippen molar-refractivity contribution in [2.24, 2.45) is 5.41 Å². The maximum Gasteiger partial charge on any atom is 0.416 e. The van der Waals surface area contributed by atoms with Crippen LogP contribution in [-0.2, 0) is 20.5 Å². The number of anilines is 1. The summed E-state index contributed by atoms with van der Waals surface area (Å²) in [4.78, 5) is 28.7. The predicted octanol–water partition coefficient (Wildman–Crippen LogP) is 5.08. The van der Waals surface area contributed by atoms with Gasteiger partial charge >= 0.3 is 12.1 Å². The third-order valence-corrected chi connectivity index (χ3v) is 4.62. The average Bonchev–Trinajstić information content (AvgIpc) is 3.01. The molecule has 1 amide bonds. The van der Waals surface area contributed by atoms with Crippen LogP contribution in [0.4, 0.5) is 23.4 Å². The maximum absolute atomic E-state index is 13.9. The summed E-state index contributed by atoms with van der Waals surface area (Å²) in [5.74, 6) is -1.94. The summed E-state index contributed by atoms with van der Waals surface area (Å²) in [6.07, 6.45) is -4.58. The lowest BCUT2D eigenvalue weighted by molar-refractivity contribution is -0.158. The van der Waals surface area contributed by atoms with E-state index >= 15 is 0 Å². The average molecular weight is 451 g/mol. The fourth-order valence-electron chi connectivity index (χ4n) is 3.17. The number of esters is 1. The van der Waals surface area contributed by atoms with Crippen LogP contribution in [0.5, 0.6) is 0 Å². The second-order valence-corrected chi connectivity index (χ2v) is 8.30. The molecule has 3 aromatic rings. The zero-order valence-electron chi connectivity index (χ0n) is 17.7. The zero-order valence-corrected chi connectivity index (χ0v) is 17.7. The normalized spacial score (nSPS) is 13.1. The highest BCUT2D eigenvalue weighted by molar-refractivity contribution is 5.98. The van der Waals surface area contributed by atoms with E-state index in [0.717, 1.165) is 18.3 Å². The molecular weight excluding hydrogens is 430 g/mol. The first-order chi connectivity index (χ1) is 14.8. The van der Waals surface area contributed by atoms with Crippen LogP contribution in [0.15, 0.2) is 42.6 Å². The minimum Gasteiger partial charge on any atom is -0.452 e. The van der Waals surface area contributed by atoms with Crippen LogP contribution in [-0.4, -0.2) is 27.4 Å². The van der Waals surface area contributed by atoms with E-state index in [4.69, 9.17) is 4.74 Å². The summed E-state index contributed by atoms with van der Waals surface area (Å²) < 4.78 is 59.3. The number of hydrogen-bond donors (Lipinski definition) is 1. The number of pyridine rings is 1. The molecule has 0 unspecified atom stereocenters. The van der Waals surface area contributed by atoms with Gasteiger partial charge in [-0.3, -0.25) is 14.0 Å². The SMILES string of the molecule is CC(=O)O[C@H](C(=O)Nc1nc2ccc(F)cn2c1-c1ccc(C(F)(F)F)cc1)C(C)(C)C. The standard InChI is InChI=1S/C22H21F4N3O3/c1-12(30)32-18(21(2,3)4)20(31)28-19-17(29-11-15(23)9-10-16(29)27-19)13-5-7-14(8-6-13)22(24,25)26/h5-11,18H,1-4H3,(H,28,31)/t18-/m1/s1. The molecule has 0 spiro atoms. The number of nitrogens with one attached hydrogen (secondary N) is 1.